The molecule has 3 rings (SSSR count). The van der Waals surface area contributed by atoms with Crippen LogP contribution < -0.4 is 5.32 Å². The molecule has 1 N–H and O–H groups in total. The van der Waals surface area contributed by atoms with Crippen LogP contribution in [0.25, 0.3) is 0 Å². The van der Waals surface area contributed by atoms with E-state index in [2.05, 4.69) is 5.32 Å². The lowest BCUT2D eigenvalue weighted by atomic mass is 9.96. The number of halogens is 4. The molecule has 1 heterocycles. The molecule has 29 heavy (non-hydrogen) atoms. The van der Waals surface area contributed by atoms with E-state index >= 15 is 0 Å². The summed E-state index contributed by atoms with van der Waals surface area (Å²) in [5.74, 6) is -1.57. The van der Waals surface area contributed by atoms with Crippen LogP contribution in [0.2, 0.25) is 0 Å². The normalized spacial score (nSPS) is 17.1. The van der Waals surface area contributed by atoms with Gasteiger partial charge in [-0.25, -0.2) is 4.39 Å². The third kappa shape index (κ3) is 5.34. The number of likely N-dealkylation sites (tertiary alicyclic amines) is 1. The van der Waals surface area contributed by atoms with Crippen LogP contribution in [0.3, 0.4) is 0 Å². The van der Waals surface area contributed by atoms with Gasteiger partial charge < -0.3 is 10.2 Å². The largest absolute Gasteiger partial charge is 0.416 e. The molecular formula is C21H20F4N2O2. The number of carbonyl (C=O) groups is 2. The number of benzene rings is 2. The van der Waals surface area contributed by atoms with E-state index in [-0.39, 0.29) is 30.4 Å². The molecule has 1 saturated heterocycles. The Balaban J connectivity index is 1.61. The molecule has 2 amide bonds. The van der Waals surface area contributed by atoms with Gasteiger partial charge in [0, 0.05) is 25.2 Å². The number of carbonyl (C=O) groups excluding carboxylic acids is 2. The van der Waals surface area contributed by atoms with Crippen molar-refractivity contribution < 1.29 is 27.2 Å². The summed E-state index contributed by atoms with van der Waals surface area (Å²) in [5, 5.41) is 2.77. The van der Waals surface area contributed by atoms with Crippen molar-refractivity contribution >= 4 is 11.8 Å². The summed E-state index contributed by atoms with van der Waals surface area (Å²) in [4.78, 5) is 26.5. The Morgan fingerprint density at radius 1 is 1.10 bits per heavy atom. The summed E-state index contributed by atoms with van der Waals surface area (Å²) in [7, 11) is 0. The van der Waals surface area contributed by atoms with E-state index in [1.54, 1.807) is 12.1 Å². The Morgan fingerprint density at radius 2 is 1.83 bits per heavy atom. The van der Waals surface area contributed by atoms with Gasteiger partial charge in [-0.05, 0) is 48.7 Å². The molecule has 0 spiro atoms. The van der Waals surface area contributed by atoms with Gasteiger partial charge in [-0.15, -0.1) is 0 Å². The molecule has 154 valence electrons. The average molecular weight is 408 g/mol. The van der Waals surface area contributed by atoms with E-state index in [1.165, 1.54) is 29.2 Å². The highest BCUT2D eigenvalue weighted by molar-refractivity contribution is 5.95. The molecular weight excluding hydrogens is 388 g/mol. The Labute approximate surface area is 165 Å². The maximum absolute atomic E-state index is 12.9. The number of rotatable bonds is 4. The van der Waals surface area contributed by atoms with Crippen LogP contribution >= 0.6 is 0 Å². The van der Waals surface area contributed by atoms with Gasteiger partial charge in [-0.3, -0.25) is 9.59 Å². The summed E-state index contributed by atoms with van der Waals surface area (Å²) >= 11 is 0. The quantitative estimate of drug-likeness (QED) is 0.778. The van der Waals surface area contributed by atoms with Gasteiger partial charge in [0.25, 0.3) is 5.91 Å². The van der Waals surface area contributed by atoms with Crippen molar-refractivity contribution in [3.05, 3.63) is 71.0 Å². The zero-order valence-electron chi connectivity index (χ0n) is 15.5. The molecule has 0 aliphatic carbocycles. The maximum atomic E-state index is 12.9. The lowest BCUT2D eigenvalue weighted by molar-refractivity contribution is -0.137. The SMILES string of the molecule is O=C(NCc1ccc(F)cc1)C1CCCN(C(=O)c2cccc(C(F)(F)F)c2)C1. The number of nitrogens with one attached hydrogen (secondary N) is 1. The lowest BCUT2D eigenvalue weighted by Crippen LogP contribution is -2.45. The first-order valence-corrected chi connectivity index (χ1v) is 9.23. The monoisotopic (exact) mass is 408 g/mol. The topological polar surface area (TPSA) is 49.4 Å². The van der Waals surface area contributed by atoms with E-state index in [1.807, 2.05) is 0 Å². The molecule has 1 fully saturated rings. The van der Waals surface area contributed by atoms with E-state index in [9.17, 15) is 27.2 Å². The highest BCUT2D eigenvalue weighted by Crippen LogP contribution is 2.30. The van der Waals surface area contributed by atoms with Crippen molar-refractivity contribution in [2.45, 2.75) is 25.6 Å². The van der Waals surface area contributed by atoms with Crippen LogP contribution in [-0.4, -0.2) is 29.8 Å². The number of hydrogen-bond acceptors (Lipinski definition) is 2. The van der Waals surface area contributed by atoms with E-state index in [0.29, 0.717) is 19.4 Å². The fourth-order valence-electron chi connectivity index (χ4n) is 3.32. The van der Waals surface area contributed by atoms with Crippen molar-refractivity contribution in [3.63, 3.8) is 0 Å². The molecule has 4 nitrogen and oxygen atoms in total. The van der Waals surface area contributed by atoms with Crippen molar-refractivity contribution in [2.24, 2.45) is 5.92 Å². The molecule has 1 aliphatic heterocycles. The molecule has 0 aromatic heterocycles. The summed E-state index contributed by atoms with van der Waals surface area (Å²) in [5.41, 5.74) is -0.186. The third-order valence-corrected chi connectivity index (χ3v) is 4.90. The van der Waals surface area contributed by atoms with Crippen molar-refractivity contribution in [1.82, 2.24) is 10.2 Å². The first-order valence-electron chi connectivity index (χ1n) is 9.23. The summed E-state index contributed by atoms with van der Waals surface area (Å²) < 4.78 is 51.6. The van der Waals surface area contributed by atoms with Gasteiger partial charge in [0.1, 0.15) is 5.82 Å². The van der Waals surface area contributed by atoms with Crippen LogP contribution in [0.5, 0.6) is 0 Å². The van der Waals surface area contributed by atoms with Crippen molar-refractivity contribution in [2.75, 3.05) is 13.1 Å². The van der Waals surface area contributed by atoms with Gasteiger partial charge in [0.15, 0.2) is 0 Å². The average Bonchev–Trinajstić information content (AvgIpc) is 2.72. The standard InChI is InChI=1S/C21H20F4N2O2/c22-18-8-6-14(7-9-18)12-26-19(28)16-4-2-10-27(13-16)20(29)15-3-1-5-17(11-15)21(23,24)25/h1,3,5-9,11,16H,2,4,10,12-13H2,(H,26,28). The van der Waals surface area contributed by atoms with E-state index < -0.39 is 23.6 Å². The molecule has 0 bridgehead atoms. The Morgan fingerprint density at radius 3 is 2.52 bits per heavy atom. The minimum absolute atomic E-state index is 0.0489. The van der Waals surface area contributed by atoms with E-state index in [4.69, 9.17) is 0 Å². The van der Waals surface area contributed by atoms with Crippen LogP contribution in [-0.2, 0) is 17.5 Å². The van der Waals surface area contributed by atoms with Gasteiger partial charge in [0.05, 0.1) is 11.5 Å². The number of alkyl halides is 3. The predicted octanol–water partition coefficient (Wildman–Crippen LogP) is 4.01. The highest BCUT2D eigenvalue weighted by Gasteiger charge is 2.33. The van der Waals surface area contributed by atoms with Gasteiger partial charge >= 0.3 is 6.18 Å². The number of amides is 2. The van der Waals surface area contributed by atoms with Crippen LogP contribution in [0, 0.1) is 11.7 Å². The molecule has 2 aromatic carbocycles. The minimum Gasteiger partial charge on any atom is -0.352 e. The van der Waals surface area contributed by atoms with Gasteiger partial charge in [-0.2, -0.15) is 13.2 Å². The molecule has 2 aromatic rings. The molecule has 0 radical (unpaired) electrons. The third-order valence-electron chi connectivity index (χ3n) is 4.90. The van der Waals surface area contributed by atoms with Gasteiger partial charge in [-0.1, -0.05) is 18.2 Å². The van der Waals surface area contributed by atoms with Crippen LogP contribution in [0.4, 0.5) is 17.6 Å². The Bertz CT molecular complexity index is 881. The molecule has 1 atom stereocenters. The fourth-order valence-corrected chi connectivity index (χ4v) is 3.32. The number of piperidine rings is 1. The lowest BCUT2D eigenvalue weighted by Gasteiger charge is -2.32. The highest BCUT2D eigenvalue weighted by atomic mass is 19.4. The zero-order chi connectivity index (χ0) is 21.0. The minimum atomic E-state index is -4.53. The van der Waals surface area contributed by atoms with Gasteiger partial charge in [0.2, 0.25) is 5.91 Å². The van der Waals surface area contributed by atoms with Crippen molar-refractivity contribution in [3.8, 4) is 0 Å². The Kier molecular flexibility index (Phi) is 6.20. The van der Waals surface area contributed by atoms with Crippen molar-refractivity contribution in [1.29, 1.82) is 0 Å². The Hall–Kier alpha value is -2.90. The smallest absolute Gasteiger partial charge is 0.352 e. The second-order valence-corrected chi connectivity index (χ2v) is 7.01. The molecule has 1 aliphatic rings. The number of hydrogen-bond donors (Lipinski definition) is 1. The number of nitrogens with zero attached hydrogens (tertiary/aromatic N) is 1. The second kappa shape index (κ2) is 8.63. The summed E-state index contributed by atoms with van der Waals surface area (Å²) in [6, 6.07) is 10.0. The molecule has 1 unspecified atom stereocenters. The zero-order valence-corrected chi connectivity index (χ0v) is 15.5. The van der Waals surface area contributed by atoms with Crippen LogP contribution in [0.1, 0.15) is 34.3 Å². The van der Waals surface area contributed by atoms with Crippen LogP contribution in [0.15, 0.2) is 48.5 Å². The predicted molar refractivity (Wildman–Crippen MR) is 98.3 cm³/mol. The first kappa shape index (κ1) is 20.8. The molecule has 0 saturated carbocycles. The van der Waals surface area contributed by atoms with E-state index in [0.717, 1.165) is 17.7 Å². The molecule has 8 heteroatoms. The second-order valence-electron chi connectivity index (χ2n) is 7.01. The maximum Gasteiger partial charge on any atom is 0.416 e. The summed E-state index contributed by atoms with van der Waals surface area (Å²) in [6.45, 7) is 0.762. The first-order chi connectivity index (χ1) is 13.7. The summed E-state index contributed by atoms with van der Waals surface area (Å²) in [6.07, 6.45) is -3.36. The fraction of sp³-hybridized carbons (Fsp3) is 0.333.